The Morgan fingerprint density at radius 2 is 2.00 bits per heavy atom. The summed E-state index contributed by atoms with van der Waals surface area (Å²) in [5.74, 6) is 0.00231. The molecule has 0 spiro atoms. The van der Waals surface area contributed by atoms with Crippen molar-refractivity contribution in [1.29, 1.82) is 0 Å². The molecule has 1 heterocycles. The van der Waals surface area contributed by atoms with Gasteiger partial charge in [0, 0.05) is 22.9 Å². The average molecular weight is 305 g/mol. The van der Waals surface area contributed by atoms with Gasteiger partial charge in [-0.1, -0.05) is 15.9 Å². The van der Waals surface area contributed by atoms with Gasteiger partial charge in [0.15, 0.2) is 0 Å². The van der Waals surface area contributed by atoms with Gasteiger partial charge in [-0.3, -0.25) is 4.79 Å². The molecule has 1 N–H and O–H groups in total. The van der Waals surface area contributed by atoms with Crippen molar-refractivity contribution in [3.05, 3.63) is 52.8 Å². The quantitative estimate of drug-likeness (QED) is 0.929. The molecule has 0 bridgehead atoms. The second-order valence-electron chi connectivity index (χ2n) is 4.50. The maximum atomic E-state index is 12.2. The Hall–Kier alpha value is -1.55. The van der Waals surface area contributed by atoms with Crippen LogP contribution in [0.15, 0.2) is 47.2 Å². The van der Waals surface area contributed by atoms with Crippen LogP contribution in [0.4, 0.5) is 0 Å². The summed E-state index contributed by atoms with van der Waals surface area (Å²) in [6.45, 7) is 0. The van der Waals surface area contributed by atoms with E-state index in [1.54, 1.807) is 0 Å². The first-order valence-electron chi connectivity index (χ1n) is 5.98. The van der Waals surface area contributed by atoms with Crippen molar-refractivity contribution in [1.82, 2.24) is 9.88 Å². The van der Waals surface area contributed by atoms with Crippen LogP contribution in [-0.4, -0.2) is 16.5 Å². The van der Waals surface area contributed by atoms with Gasteiger partial charge in [0.1, 0.15) is 0 Å². The van der Waals surface area contributed by atoms with Gasteiger partial charge in [-0.25, -0.2) is 0 Å². The van der Waals surface area contributed by atoms with E-state index in [9.17, 15) is 4.79 Å². The van der Waals surface area contributed by atoms with Crippen molar-refractivity contribution in [3.8, 4) is 5.69 Å². The molecule has 1 amide bonds. The van der Waals surface area contributed by atoms with Crippen LogP contribution in [0.25, 0.3) is 5.69 Å². The number of aromatic nitrogens is 1. The van der Waals surface area contributed by atoms with E-state index >= 15 is 0 Å². The van der Waals surface area contributed by atoms with E-state index in [0.29, 0.717) is 11.6 Å². The molecule has 1 aliphatic carbocycles. The molecule has 1 fully saturated rings. The molecule has 92 valence electrons. The van der Waals surface area contributed by atoms with Crippen molar-refractivity contribution in [2.24, 2.45) is 0 Å². The predicted molar refractivity (Wildman–Crippen MR) is 74.0 cm³/mol. The van der Waals surface area contributed by atoms with Crippen LogP contribution in [0.1, 0.15) is 23.2 Å². The van der Waals surface area contributed by atoms with Gasteiger partial charge in [-0.2, -0.15) is 0 Å². The molecule has 3 rings (SSSR count). The summed E-state index contributed by atoms with van der Waals surface area (Å²) in [5, 5.41) is 3.03. The van der Waals surface area contributed by atoms with Crippen LogP contribution < -0.4 is 5.32 Å². The van der Waals surface area contributed by atoms with Crippen LogP contribution in [0.3, 0.4) is 0 Å². The first-order valence-corrected chi connectivity index (χ1v) is 6.77. The third-order valence-electron chi connectivity index (χ3n) is 3.00. The zero-order chi connectivity index (χ0) is 12.5. The van der Waals surface area contributed by atoms with Crippen molar-refractivity contribution in [2.75, 3.05) is 0 Å². The molecular weight excluding hydrogens is 292 g/mol. The Morgan fingerprint density at radius 3 is 2.67 bits per heavy atom. The van der Waals surface area contributed by atoms with Crippen LogP contribution in [0.2, 0.25) is 0 Å². The minimum absolute atomic E-state index is 0.00231. The molecule has 0 radical (unpaired) electrons. The number of rotatable bonds is 3. The fourth-order valence-electron chi connectivity index (χ4n) is 1.90. The molecule has 18 heavy (non-hydrogen) atoms. The third kappa shape index (κ3) is 2.34. The summed E-state index contributed by atoms with van der Waals surface area (Å²) in [4.78, 5) is 12.2. The molecule has 1 saturated carbocycles. The molecule has 4 heteroatoms. The molecule has 0 atom stereocenters. The largest absolute Gasteiger partial charge is 0.349 e. The van der Waals surface area contributed by atoms with Gasteiger partial charge in [0.2, 0.25) is 0 Å². The molecule has 0 saturated heterocycles. The minimum atomic E-state index is 0.00231. The van der Waals surface area contributed by atoms with Crippen LogP contribution in [-0.2, 0) is 0 Å². The molecule has 0 unspecified atom stereocenters. The summed E-state index contributed by atoms with van der Waals surface area (Å²) in [7, 11) is 0. The van der Waals surface area contributed by atoms with E-state index in [2.05, 4.69) is 21.2 Å². The van der Waals surface area contributed by atoms with Gasteiger partial charge < -0.3 is 9.88 Å². The summed E-state index contributed by atoms with van der Waals surface area (Å²) in [6.07, 6.45) is 6.07. The van der Waals surface area contributed by atoms with Crippen molar-refractivity contribution in [2.45, 2.75) is 18.9 Å². The standard InChI is InChI=1S/C14H13BrN2O/c15-10-3-6-13(17-7-1-2-8-17)12(9-10)14(18)16-11-4-5-11/h1-3,6-9,11H,4-5H2,(H,16,18). The summed E-state index contributed by atoms with van der Waals surface area (Å²) in [5.41, 5.74) is 1.61. The van der Waals surface area contributed by atoms with Gasteiger partial charge in [0.25, 0.3) is 5.91 Å². The average Bonchev–Trinajstić information content (AvgIpc) is 3.01. The fourth-order valence-corrected chi connectivity index (χ4v) is 2.26. The van der Waals surface area contributed by atoms with Gasteiger partial charge in [-0.05, 0) is 43.2 Å². The minimum Gasteiger partial charge on any atom is -0.349 e. The molecule has 3 nitrogen and oxygen atoms in total. The van der Waals surface area contributed by atoms with E-state index in [1.807, 2.05) is 47.3 Å². The molecule has 2 aromatic rings. The van der Waals surface area contributed by atoms with Crippen LogP contribution in [0, 0.1) is 0 Å². The fraction of sp³-hybridized carbons (Fsp3) is 0.214. The maximum absolute atomic E-state index is 12.2. The summed E-state index contributed by atoms with van der Waals surface area (Å²) < 4.78 is 2.87. The SMILES string of the molecule is O=C(NC1CC1)c1cc(Br)ccc1-n1cccc1. The number of nitrogens with one attached hydrogen (secondary N) is 1. The lowest BCUT2D eigenvalue weighted by molar-refractivity contribution is 0.0951. The van der Waals surface area contributed by atoms with Gasteiger partial charge in [0.05, 0.1) is 11.3 Å². The first-order chi connectivity index (χ1) is 8.74. The van der Waals surface area contributed by atoms with E-state index in [1.165, 1.54) is 0 Å². The number of hydrogen-bond donors (Lipinski definition) is 1. The lowest BCUT2D eigenvalue weighted by Gasteiger charge is -2.11. The molecule has 1 aliphatic rings. The zero-order valence-corrected chi connectivity index (χ0v) is 11.4. The van der Waals surface area contributed by atoms with E-state index in [0.717, 1.165) is 23.0 Å². The Balaban J connectivity index is 1.99. The highest BCUT2D eigenvalue weighted by Crippen LogP contribution is 2.23. The third-order valence-corrected chi connectivity index (χ3v) is 3.49. The highest BCUT2D eigenvalue weighted by molar-refractivity contribution is 9.10. The Kier molecular flexibility index (Phi) is 2.96. The van der Waals surface area contributed by atoms with Crippen LogP contribution >= 0.6 is 15.9 Å². The highest BCUT2D eigenvalue weighted by Gasteiger charge is 2.25. The number of nitrogens with zero attached hydrogens (tertiary/aromatic N) is 1. The number of benzene rings is 1. The lowest BCUT2D eigenvalue weighted by atomic mass is 10.1. The topological polar surface area (TPSA) is 34.0 Å². The number of carbonyl (C=O) groups excluding carboxylic acids is 1. The van der Waals surface area contributed by atoms with Crippen molar-refractivity contribution >= 4 is 21.8 Å². The lowest BCUT2D eigenvalue weighted by Crippen LogP contribution is -2.26. The monoisotopic (exact) mass is 304 g/mol. The normalized spacial score (nSPS) is 14.5. The van der Waals surface area contributed by atoms with Gasteiger partial charge in [-0.15, -0.1) is 0 Å². The van der Waals surface area contributed by atoms with Crippen molar-refractivity contribution < 1.29 is 4.79 Å². The number of carbonyl (C=O) groups is 1. The number of hydrogen-bond acceptors (Lipinski definition) is 1. The van der Waals surface area contributed by atoms with E-state index in [-0.39, 0.29) is 5.91 Å². The molecule has 1 aromatic heterocycles. The zero-order valence-electron chi connectivity index (χ0n) is 9.77. The predicted octanol–water partition coefficient (Wildman–Crippen LogP) is 3.13. The molecule has 1 aromatic carbocycles. The highest BCUT2D eigenvalue weighted by atomic mass is 79.9. The van der Waals surface area contributed by atoms with Gasteiger partial charge >= 0.3 is 0 Å². The second kappa shape index (κ2) is 4.61. The smallest absolute Gasteiger partial charge is 0.253 e. The van der Waals surface area contributed by atoms with Crippen molar-refractivity contribution in [3.63, 3.8) is 0 Å². The van der Waals surface area contributed by atoms with Crippen LogP contribution in [0.5, 0.6) is 0 Å². The summed E-state index contributed by atoms with van der Waals surface area (Å²) in [6, 6.07) is 10.0. The van der Waals surface area contributed by atoms with E-state index in [4.69, 9.17) is 0 Å². The first kappa shape index (κ1) is 11.5. The Labute approximate surface area is 114 Å². The Bertz CT molecular complexity index is 573. The molecule has 0 aliphatic heterocycles. The molecular formula is C14H13BrN2O. The maximum Gasteiger partial charge on any atom is 0.253 e. The summed E-state index contributed by atoms with van der Waals surface area (Å²) >= 11 is 3.42. The number of halogens is 1. The number of amides is 1. The second-order valence-corrected chi connectivity index (χ2v) is 5.42. The Morgan fingerprint density at radius 1 is 1.28 bits per heavy atom. The van der Waals surface area contributed by atoms with E-state index < -0.39 is 0 Å².